The average molecular weight is 251 g/mol. The molecule has 0 aliphatic rings. The molecular weight excluding hydrogens is 242 g/mol. The highest BCUT2D eigenvalue weighted by molar-refractivity contribution is 7.26. The zero-order valence-corrected chi connectivity index (χ0v) is 10.2. The molecule has 0 fully saturated rings. The first-order chi connectivity index (χ1) is 8.84. The SMILES string of the molecule is Nc1nc2c3cccnc3sc2c2ccccc12. The predicted octanol–water partition coefficient (Wildman–Crippen LogP) is 3.58. The van der Waals surface area contributed by atoms with Gasteiger partial charge in [0.05, 0.1) is 10.2 Å². The lowest BCUT2D eigenvalue weighted by Crippen LogP contribution is -1.91. The van der Waals surface area contributed by atoms with E-state index < -0.39 is 0 Å². The highest BCUT2D eigenvalue weighted by Gasteiger charge is 2.11. The second-order valence-electron chi connectivity index (χ2n) is 4.18. The van der Waals surface area contributed by atoms with Crippen LogP contribution < -0.4 is 5.73 Å². The smallest absolute Gasteiger partial charge is 0.132 e. The van der Waals surface area contributed by atoms with Crippen molar-refractivity contribution in [3.8, 4) is 0 Å². The Kier molecular flexibility index (Phi) is 1.85. The van der Waals surface area contributed by atoms with Crippen molar-refractivity contribution < 1.29 is 0 Å². The number of nitrogen functional groups attached to an aromatic ring is 1. The topological polar surface area (TPSA) is 51.8 Å². The second-order valence-corrected chi connectivity index (χ2v) is 5.18. The van der Waals surface area contributed by atoms with Crippen LogP contribution in [0.2, 0.25) is 0 Å². The fourth-order valence-corrected chi connectivity index (χ4v) is 3.42. The molecule has 3 nitrogen and oxygen atoms in total. The van der Waals surface area contributed by atoms with E-state index in [-0.39, 0.29) is 0 Å². The quantitative estimate of drug-likeness (QED) is 0.519. The molecule has 0 bridgehead atoms. The van der Waals surface area contributed by atoms with Crippen molar-refractivity contribution in [1.29, 1.82) is 0 Å². The van der Waals surface area contributed by atoms with Gasteiger partial charge in [-0.1, -0.05) is 24.3 Å². The predicted molar refractivity (Wildman–Crippen MR) is 76.8 cm³/mol. The molecule has 0 aliphatic carbocycles. The third-order valence-electron chi connectivity index (χ3n) is 3.12. The Balaban J connectivity index is 2.36. The van der Waals surface area contributed by atoms with Gasteiger partial charge in [-0.3, -0.25) is 0 Å². The number of fused-ring (bicyclic) bond motifs is 5. The number of hydrogen-bond acceptors (Lipinski definition) is 4. The van der Waals surface area contributed by atoms with E-state index in [1.165, 1.54) is 0 Å². The summed E-state index contributed by atoms with van der Waals surface area (Å²) in [6.07, 6.45) is 1.81. The molecule has 4 aromatic rings. The van der Waals surface area contributed by atoms with Crippen LogP contribution in [0.5, 0.6) is 0 Å². The number of nitrogens with zero attached hydrogens (tertiary/aromatic N) is 2. The van der Waals surface area contributed by atoms with Gasteiger partial charge in [-0.2, -0.15) is 0 Å². The van der Waals surface area contributed by atoms with Crippen LogP contribution in [0, 0.1) is 0 Å². The third kappa shape index (κ3) is 1.18. The standard InChI is InChI=1S/C14H9N3S/c15-13-9-5-2-1-4-8(9)12-11(17-13)10-6-3-7-16-14(10)18-12/h1-7H,(H2,15,17). The summed E-state index contributed by atoms with van der Waals surface area (Å²) in [5.41, 5.74) is 7.00. The summed E-state index contributed by atoms with van der Waals surface area (Å²) < 4.78 is 1.16. The molecule has 0 unspecified atom stereocenters. The van der Waals surface area contributed by atoms with Crippen molar-refractivity contribution in [2.45, 2.75) is 0 Å². The number of thiophene rings is 1. The van der Waals surface area contributed by atoms with E-state index in [9.17, 15) is 0 Å². The summed E-state index contributed by atoms with van der Waals surface area (Å²) in [4.78, 5) is 9.94. The maximum atomic E-state index is 6.05. The minimum Gasteiger partial charge on any atom is -0.383 e. The number of aromatic nitrogens is 2. The van der Waals surface area contributed by atoms with E-state index in [1.54, 1.807) is 11.3 Å². The van der Waals surface area contributed by atoms with E-state index >= 15 is 0 Å². The maximum absolute atomic E-state index is 6.05. The Morgan fingerprint density at radius 2 is 1.72 bits per heavy atom. The molecule has 0 radical (unpaired) electrons. The van der Waals surface area contributed by atoms with Crippen LogP contribution >= 0.6 is 11.3 Å². The zero-order chi connectivity index (χ0) is 12.1. The van der Waals surface area contributed by atoms with Crippen molar-refractivity contribution in [3.05, 3.63) is 42.6 Å². The minimum atomic E-state index is 0.585. The lowest BCUT2D eigenvalue weighted by atomic mass is 10.1. The first-order valence-electron chi connectivity index (χ1n) is 5.66. The highest BCUT2D eigenvalue weighted by atomic mass is 32.1. The summed E-state index contributed by atoms with van der Waals surface area (Å²) >= 11 is 1.67. The minimum absolute atomic E-state index is 0.585. The Morgan fingerprint density at radius 1 is 0.944 bits per heavy atom. The summed E-state index contributed by atoms with van der Waals surface area (Å²) in [6, 6.07) is 12.1. The van der Waals surface area contributed by atoms with Gasteiger partial charge in [0.25, 0.3) is 0 Å². The lowest BCUT2D eigenvalue weighted by Gasteiger charge is -2.02. The molecule has 3 aromatic heterocycles. The first kappa shape index (κ1) is 9.79. The van der Waals surface area contributed by atoms with E-state index in [0.29, 0.717) is 5.82 Å². The summed E-state index contributed by atoms with van der Waals surface area (Å²) in [7, 11) is 0. The van der Waals surface area contributed by atoms with Crippen molar-refractivity contribution in [1.82, 2.24) is 9.97 Å². The van der Waals surface area contributed by atoms with Crippen LogP contribution in [-0.4, -0.2) is 9.97 Å². The molecule has 4 heteroatoms. The number of nitrogens with two attached hydrogens (primary N) is 1. The largest absolute Gasteiger partial charge is 0.383 e. The van der Waals surface area contributed by atoms with Crippen LogP contribution in [0.1, 0.15) is 0 Å². The van der Waals surface area contributed by atoms with Gasteiger partial charge >= 0.3 is 0 Å². The van der Waals surface area contributed by atoms with E-state index in [1.807, 2.05) is 36.5 Å². The third-order valence-corrected chi connectivity index (χ3v) is 4.26. The van der Waals surface area contributed by atoms with Gasteiger partial charge in [0, 0.05) is 22.4 Å². The van der Waals surface area contributed by atoms with Crippen molar-refractivity contribution in [3.63, 3.8) is 0 Å². The molecule has 0 atom stereocenters. The molecule has 0 saturated carbocycles. The molecule has 3 heterocycles. The van der Waals surface area contributed by atoms with E-state index in [4.69, 9.17) is 5.73 Å². The van der Waals surface area contributed by atoms with Gasteiger partial charge < -0.3 is 5.73 Å². The molecule has 2 N–H and O–H groups in total. The lowest BCUT2D eigenvalue weighted by molar-refractivity contribution is 1.43. The van der Waals surface area contributed by atoms with Crippen LogP contribution in [0.3, 0.4) is 0 Å². The van der Waals surface area contributed by atoms with Crippen LogP contribution in [0.25, 0.3) is 31.2 Å². The molecule has 0 spiro atoms. The number of pyridine rings is 2. The summed E-state index contributed by atoms with van der Waals surface area (Å²) in [6.45, 7) is 0. The molecular formula is C14H9N3S. The molecule has 86 valence electrons. The molecule has 1 aromatic carbocycles. The molecule has 0 aliphatic heterocycles. The van der Waals surface area contributed by atoms with Crippen molar-refractivity contribution in [2.24, 2.45) is 0 Å². The number of rotatable bonds is 0. The summed E-state index contributed by atoms with van der Waals surface area (Å²) in [5, 5.41) is 3.24. The zero-order valence-electron chi connectivity index (χ0n) is 9.42. The number of benzene rings is 1. The summed E-state index contributed by atoms with van der Waals surface area (Å²) in [5.74, 6) is 0.585. The monoisotopic (exact) mass is 251 g/mol. The van der Waals surface area contributed by atoms with Gasteiger partial charge in [-0.15, -0.1) is 11.3 Å². The fraction of sp³-hybridized carbons (Fsp3) is 0. The molecule has 0 amide bonds. The van der Waals surface area contributed by atoms with E-state index in [0.717, 1.165) is 31.2 Å². The highest BCUT2D eigenvalue weighted by Crippen LogP contribution is 2.37. The van der Waals surface area contributed by atoms with Crippen molar-refractivity contribution >= 4 is 48.4 Å². The molecule has 4 rings (SSSR count). The molecule has 18 heavy (non-hydrogen) atoms. The van der Waals surface area contributed by atoms with Crippen LogP contribution in [0.4, 0.5) is 5.82 Å². The first-order valence-corrected chi connectivity index (χ1v) is 6.48. The van der Waals surface area contributed by atoms with Gasteiger partial charge in [0.2, 0.25) is 0 Å². The Labute approximate surface area is 107 Å². The molecule has 0 saturated heterocycles. The number of anilines is 1. The Hall–Kier alpha value is -2.20. The maximum Gasteiger partial charge on any atom is 0.132 e. The van der Waals surface area contributed by atoms with Gasteiger partial charge in [-0.25, -0.2) is 9.97 Å². The van der Waals surface area contributed by atoms with Crippen molar-refractivity contribution in [2.75, 3.05) is 5.73 Å². The van der Waals surface area contributed by atoms with Crippen LogP contribution in [-0.2, 0) is 0 Å². The normalized spacial score (nSPS) is 11.6. The van der Waals surface area contributed by atoms with E-state index in [2.05, 4.69) is 16.0 Å². The number of hydrogen-bond donors (Lipinski definition) is 1. The average Bonchev–Trinajstić information content (AvgIpc) is 2.78. The van der Waals surface area contributed by atoms with Gasteiger partial charge in [0.15, 0.2) is 0 Å². The Bertz CT molecular complexity index is 895. The fourth-order valence-electron chi connectivity index (χ4n) is 2.30. The second kappa shape index (κ2) is 3.40. The Morgan fingerprint density at radius 3 is 2.61 bits per heavy atom. The van der Waals surface area contributed by atoms with Gasteiger partial charge in [0.1, 0.15) is 10.6 Å². The van der Waals surface area contributed by atoms with Crippen LogP contribution in [0.15, 0.2) is 42.6 Å². The van der Waals surface area contributed by atoms with Gasteiger partial charge in [-0.05, 0) is 12.1 Å².